The first kappa shape index (κ1) is 19.4. The van der Waals surface area contributed by atoms with Crippen molar-refractivity contribution in [1.29, 1.82) is 0 Å². The van der Waals surface area contributed by atoms with Gasteiger partial charge >= 0.3 is 0 Å². The van der Waals surface area contributed by atoms with Gasteiger partial charge in [0.05, 0.1) is 17.4 Å². The molecule has 0 bridgehead atoms. The highest BCUT2D eigenvalue weighted by molar-refractivity contribution is 5.92. The van der Waals surface area contributed by atoms with Crippen molar-refractivity contribution in [3.05, 3.63) is 60.9 Å². The van der Waals surface area contributed by atoms with E-state index in [1.54, 1.807) is 31.6 Å². The number of carbonyl (C=O) groups excluding carboxylic acids is 1. The molecule has 154 valence electrons. The highest BCUT2D eigenvalue weighted by atomic mass is 16.5. The summed E-state index contributed by atoms with van der Waals surface area (Å²) in [4.78, 5) is 24.5. The number of hydrogen-bond donors (Lipinski definition) is 2. The molecule has 4 rings (SSSR count). The van der Waals surface area contributed by atoms with E-state index in [0.717, 1.165) is 36.5 Å². The minimum absolute atomic E-state index is 0.260. The summed E-state index contributed by atoms with van der Waals surface area (Å²) in [5.74, 6) is 1.72. The maximum atomic E-state index is 11.8. The van der Waals surface area contributed by atoms with Crippen LogP contribution >= 0.6 is 0 Å². The molecule has 3 aromatic heterocycles. The van der Waals surface area contributed by atoms with E-state index in [-0.39, 0.29) is 5.91 Å². The zero-order valence-corrected chi connectivity index (χ0v) is 16.9. The third-order valence-corrected chi connectivity index (χ3v) is 4.71. The number of amides is 1. The number of ether oxygens (including phenoxy) is 1. The van der Waals surface area contributed by atoms with Gasteiger partial charge in [0.1, 0.15) is 17.2 Å². The van der Waals surface area contributed by atoms with Crippen molar-refractivity contribution in [1.82, 2.24) is 29.4 Å². The topological polar surface area (TPSA) is 98.9 Å². The van der Waals surface area contributed by atoms with Gasteiger partial charge in [-0.3, -0.25) is 9.78 Å². The number of nitrogens with zero attached hydrogens (tertiary/aromatic N) is 5. The highest BCUT2D eigenvalue weighted by Gasteiger charge is 2.10. The summed E-state index contributed by atoms with van der Waals surface area (Å²) in [6.45, 7) is 1.71. The standard InChI is InChI=1S/C21H23N7O2/c1-22-20(29)18-13-16(6-8-24-18)30-15-4-5-19-17(12-15)26-21(27(19)2)25-7-3-10-28-11-9-23-14-28/h4-6,8-9,11-14H,3,7,10H2,1-2H3,(H,22,29)(H,25,26). The zero-order valence-electron chi connectivity index (χ0n) is 16.9. The summed E-state index contributed by atoms with van der Waals surface area (Å²) in [5.41, 5.74) is 2.13. The number of nitrogens with one attached hydrogen (secondary N) is 2. The Morgan fingerprint density at radius 1 is 1.17 bits per heavy atom. The number of imidazole rings is 2. The molecule has 0 atom stereocenters. The lowest BCUT2D eigenvalue weighted by atomic mass is 10.3. The number of aryl methyl sites for hydroxylation is 2. The van der Waals surface area contributed by atoms with Crippen LogP contribution in [0.4, 0.5) is 5.95 Å². The van der Waals surface area contributed by atoms with Gasteiger partial charge in [-0.15, -0.1) is 0 Å². The third kappa shape index (κ3) is 4.24. The fourth-order valence-electron chi connectivity index (χ4n) is 3.15. The van der Waals surface area contributed by atoms with Crippen LogP contribution in [0.25, 0.3) is 11.0 Å². The van der Waals surface area contributed by atoms with Crippen LogP contribution in [0.3, 0.4) is 0 Å². The van der Waals surface area contributed by atoms with E-state index in [1.165, 1.54) is 0 Å². The molecule has 0 saturated heterocycles. The third-order valence-electron chi connectivity index (χ3n) is 4.71. The highest BCUT2D eigenvalue weighted by Crippen LogP contribution is 2.27. The molecule has 30 heavy (non-hydrogen) atoms. The molecular formula is C21H23N7O2. The Kier molecular flexibility index (Phi) is 5.60. The predicted octanol–water partition coefficient (Wildman–Crippen LogP) is 2.82. The lowest BCUT2D eigenvalue weighted by Crippen LogP contribution is -2.18. The van der Waals surface area contributed by atoms with Crippen LogP contribution in [-0.2, 0) is 13.6 Å². The van der Waals surface area contributed by atoms with Crippen molar-refractivity contribution in [3.8, 4) is 11.5 Å². The second-order valence-electron chi connectivity index (χ2n) is 6.78. The molecule has 0 aliphatic rings. The molecule has 0 unspecified atom stereocenters. The van der Waals surface area contributed by atoms with Gasteiger partial charge in [-0.1, -0.05) is 0 Å². The molecule has 9 heteroatoms. The smallest absolute Gasteiger partial charge is 0.269 e. The average Bonchev–Trinajstić information content (AvgIpc) is 3.39. The van der Waals surface area contributed by atoms with Gasteiger partial charge < -0.3 is 24.5 Å². The van der Waals surface area contributed by atoms with E-state index in [2.05, 4.69) is 30.2 Å². The minimum atomic E-state index is -0.260. The van der Waals surface area contributed by atoms with Gasteiger partial charge in [0, 0.05) is 57.9 Å². The van der Waals surface area contributed by atoms with Crippen molar-refractivity contribution in [2.24, 2.45) is 7.05 Å². The maximum Gasteiger partial charge on any atom is 0.269 e. The molecule has 4 aromatic rings. The van der Waals surface area contributed by atoms with Gasteiger partial charge in [0.25, 0.3) is 5.91 Å². The van der Waals surface area contributed by atoms with E-state index in [0.29, 0.717) is 17.2 Å². The van der Waals surface area contributed by atoms with Crippen LogP contribution in [-0.4, -0.2) is 43.6 Å². The molecule has 1 amide bonds. The van der Waals surface area contributed by atoms with Gasteiger partial charge in [-0.05, 0) is 24.6 Å². The normalized spacial score (nSPS) is 10.9. The quantitative estimate of drug-likeness (QED) is 0.438. The number of fused-ring (bicyclic) bond motifs is 1. The largest absolute Gasteiger partial charge is 0.457 e. The van der Waals surface area contributed by atoms with E-state index in [9.17, 15) is 4.79 Å². The number of benzene rings is 1. The second-order valence-corrected chi connectivity index (χ2v) is 6.78. The number of rotatable bonds is 8. The maximum absolute atomic E-state index is 11.8. The molecule has 0 spiro atoms. The van der Waals surface area contributed by atoms with E-state index in [4.69, 9.17) is 4.74 Å². The van der Waals surface area contributed by atoms with Crippen molar-refractivity contribution < 1.29 is 9.53 Å². The first-order valence-corrected chi connectivity index (χ1v) is 9.66. The summed E-state index contributed by atoms with van der Waals surface area (Å²) >= 11 is 0. The molecule has 2 N–H and O–H groups in total. The molecule has 0 aliphatic carbocycles. The number of anilines is 1. The van der Waals surface area contributed by atoms with Crippen LogP contribution in [0.2, 0.25) is 0 Å². The lowest BCUT2D eigenvalue weighted by Gasteiger charge is -2.07. The van der Waals surface area contributed by atoms with Crippen LogP contribution in [0.1, 0.15) is 16.9 Å². The Morgan fingerprint density at radius 2 is 2.03 bits per heavy atom. The zero-order chi connectivity index (χ0) is 20.9. The summed E-state index contributed by atoms with van der Waals surface area (Å²) in [5, 5.41) is 5.94. The molecule has 0 aliphatic heterocycles. The molecular weight excluding hydrogens is 382 g/mol. The van der Waals surface area contributed by atoms with Gasteiger partial charge in [0.15, 0.2) is 0 Å². The van der Waals surface area contributed by atoms with Crippen molar-refractivity contribution in [3.63, 3.8) is 0 Å². The molecule has 0 saturated carbocycles. The average molecular weight is 405 g/mol. The SMILES string of the molecule is CNC(=O)c1cc(Oc2ccc3c(c2)nc(NCCCn2ccnc2)n3C)ccn1. The van der Waals surface area contributed by atoms with Gasteiger partial charge in [0.2, 0.25) is 5.95 Å². The van der Waals surface area contributed by atoms with E-state index < -0.39 is 0 Å². The molecule has 0 fully saturated rings. The summed E-state index contributed by atoms with van der Waals surface area (Å²) < 4.78 is 9.98. The monoisotopic (exact) mass is 405 g/mol. The van der Waals surface area contributed by atoms with Gasteiger partial charge in [-0.2, -0.15) is 0 Å². The van der Waals surface area contributed by atoms with Crippen LogP contribution < -0.4 is 15.4 Å². The number of pyridine rings is 1. The van der Waals surface area contributed by atoms with Gasteiger partial charge in [-0.25, -0.2) is 9.97 Å². The van der Waals surface area contributed by atoms with E-state index >= 15 is 0 Å². The van der Waals surface area contributed by atoms with Crippen LogP contribution in [0, 0.1) is 0 Å². The summed E-state index contributed by atoms with van der Waals surface area (Å²) in [7, 11) is 3.54. The Bertz CT molecular complexity index is 1150. The van der Waals surface area contributed by atoms with Crippen molar-refractivity contribution in [2.75, 3.05) is 18.9 Å². The summed E-state index contributed by atoms with van der Waals surface area (Å²) in [6, 6.07) is 9.05. The Morgan fingerprint density at radius 3 is 2.83 bits per heavy atom. The fourth-order valence-corrected chi connectivity index (χ4v) is 3.15. The number of aromatic nitrogens is 5. The number of carbonyl (C=O) groups is 1. The van der Waals surface area contributed by atoms with Crippen molar-refractivity contribution >= 4 is 22.9 Å². The summed E-state index contributed by atoms with van der Waals surface area (Å²) in [6.07, 6.45) is 8.06. The fraction of sp³-hybridized carbons (Fsp3) is 0.238. The predicted molar refractivity (Wildman–Crippen MR) is 114 cm³/mol. The first-order valence-electron chi connectivity index (χ1n) is 9.66. The second kappa shape index (κ2) is 8.64. The Hall–Kier alpha value is -3.88. The molecule has 9 nitrogen and oxygen atoms in total. The lowest BCUT2D eigenvalue weighted by molar-refractivity contribution is 0.0958. The molecule has 0 radical (unpaired) electrons. The van der Waals surface area contributed by atoms with Crippen LogP contribution in [0.15, 0.2) is 55.2 Å². The minimum Gasteiger partial charge on any atom is -0.457 e. The molecule has 3 heterocycles. The molecule has 1 aromatic carbocycles. The number of hydrogen-bond acceptors (Lipinski definition) is 6. The van der Waals surface area contributed by atoms with Crippen LogP contribution in [0.5, 0.6) is 11.5 Å². The Balaban J connectivity index is 1.44. The Labute approximate surface area is 173 Å². The van der Waals surface area contributed by atoms with Crippen molar-refractivity contribution in [2.45, 2.75) is 13.0 Å². The first-order chi connectivity index (χ1) is 14.6. The van der Waals surface area contributed by atoms with E-state index in [1.807, 2.05) is 42.3 Å².